The summed E-state index contributed by atoms with van der Waals surface area (Å²) in [4.78, 5) is 25.1. The van der Waals surface area contributed by atoms with E-state index in [2.05, 4.69) is 20.0 Å². The van der Waals surface area contributed by atoms with Gasteiger partial charge in [0.1, 0.15) is 0 Å². The maximum Gasteiger partial charge on any atom is 0.258 e. The zero-order valence-corrected chi connectivity index (χ0v) is 12.8. The van der Waals surface area contributed by atoms with Crippen molar-refractivity contribution >= 4 is 16.3 Å². The first-order valence-electron chi connectivity index (χ1n) is 6.59. The van der Waals surface area contributed by atoms with E-state index in [4.69, 9.17) is 5.53 Å². The molecular formula is C14H12N6OS. The number of pyridine rings is 1. The van der Waals surface area contributed by atoms with E-state index in [1.54, 1.807) is 23.7 Å². The third kappa shape index (κ3) is 2.34. The standard InChI is InChI=1S/C14H12N6OS/c1-8(18-19-15)11-7-12(21)20-9(2)13(22-14(20)17-11)10-3-5-16-6-4-10/h3-8H,1-2H3. The quantitative estimate of drug-likeness (QED) is 0.420. The Labute approximate surface area is 129 Å². The fourth-order valence-corrected chi connectivity index (χ4v) is 3.39. The Hall–Kier alpha value is -2.70. The summed E-state index contributed by atoms with van der Waals surface area (Å²) < 4.78 is 1.58. The molecule has 0 aliphatic carbocycles. The molecule has 1 atom stereocenters. The molecule has 0 amide bonds. The lowest BCUT2D eigenvalue weighted by Crippen LogP contribution is -2.15. The van der Waals surface area contributed by atoms with E-state index in [1.807, 2.05) is 19.1 Å². The van der Waals surface area contributed by atoms with Crippen molar-refractivity contribution in [1.82, 2.24) is 14.4 Å². The fraction of sp³-hybridized carbons (Fsp3) is 0.214. The van der Waals surface area contributed by atoms with Crippen molar-refractivity contribution in [3.05, 3.63) is 62.8 Å². The van der Waals surface area contributed by atoms with Crippen LogP contribution in [0.3, 0.4) is 0 Å². The number of thiazole rings is 1. The Morgan fingerprint density at radius 2 is 2.14 bits per heavy atom. The number of hydrogen-bond acceptors (Lipinski definition) is 5. The van der Waals surface area contributed by atoms with Crippen molar-refractivity contribution in [1.29, 1.82) is 0 Å². The number of nitrogens with zero attached hydrogens (tertiary/aromatic N) is 6. The van der Waals surface area contributed by atoms with Gasteiger partial charge in [-0.2, -0.15) is 0 Å². The lowest BCUT2D eigenvalue weighted by Gasteiger charge is -2.03. The van der Waals surface area contributed by atoms with Gasteiger partial charge in [0, 0.05) is 29.1 Å². The Balaban J connectivity index is 2.24. The topological polar surface area (TPSA) is 96.0 Å². The van der Waals surface area contributed by atoms with Gasteiger partial charge in [0.2, 0.25) is 0 Å². The second-order valence-corrected chi connectivity index (χ2v) is 5.75. The van der Waals surface area contributed by atoms with E-state index in [0.717, 1.165) is 16.1 Å². The summed E-state index contributed by atoms with van der Waals surface area (Å²) in [5.41, 5.74) is 10.7. The first kappa shape index (κ1) is 14.2. The van der Waals surface area contributed by atoms with Crippen LogP contribution in [0.4, 0.5) is 0 Å². The van der Waals surface area contributed by atoms with Crippen molar-refractivity contribution in [2.24, 2.45) is 5.11 Å². The molecule has 0 aromatic carbocycles. The molecule has 0 aliphatic heterocycles. The minimum Gasteiger partial charge on any atom is -0.269 e. The van der Waals surface area contributed by atoms with Crippen LogP contribution in [0, 0.1) is 6.92 Å². The summed E-state index contributed by atoms with van der Waals surface area (Å²) >= 11 is 1.43. The number of azide groups is 1. The summed E-state index contributed by atoms with van der Waals surface area (Å²) in [5.74, 6) is 0. The molecule has 3 aromatic heterocycles. The largest absolute Gasteiger partial charge is 0.269 e. The van der Waals surface area contributed by atoms with Gasteiger partial charge in [-0.05, 0) is 30.2 Å². The maximum absolute atomic E-state index is 12.4. The third-order valence-corrected chi connectivity index (χ3v) is 4.55. The fourth-order valence-electron chi connectivity index (χ4n) is 2.24. The van der Waals surface area contributed by atoms with Gasteiger partial charge in [-0.15, -0.1) is 0 Å². The molecule has 0 saturated carbocycles. The monoisotopic (exact) mass is 312 g/mol. The number of aryl methyl sites for hydroxylation is 1. The van der Waals surface area contributed by atoms with Crippen LogP contribution < -0.4 is 5.56 Å². The summed E-state index contributed by atoms with van der Waals surface area (Å²) in [6.07, 6.45) is 3.43. The van der Waals surface area contributed by atoms with Crippen molar-refractivity contribution in [2.45, 2.75) is 19.9 Å². The van der Waals surface area contributed by atoms with Crippen LogP contribution in [0.15, 0.2) is 40.5 Å². The predicted octanol–water partition coefficient (Wildman–Crippen LogP) is 3.50. The normalized spacial score (nSPS) is 12.1. The second kappa shape index (κ2) is 5.59. The highest BCUT2D eigenvalue weighted by Gasteiger charge is 2.15. The van der Waals surface area contributed by atoms with Gasteiger partial charge >= 0.3 is 0 Å². The van der Waals surface area contributed by atoms with Crippen LogP contribution >= 0.6 is 11.3 Å². The number of fused-ring (bicyclic) bond motifs is 1. The molecule has 3 aromatic rings. The number of hydrogen-bond donors (Lipinski definition) is 0. The molecule has 7 nitrogen and oxygen atoms in total. The van der Waals surface area contributed by atoms with Gasteiger partial charge < -0.3 is 0 Å². The Morgan fingerprint density at radius 1 is 1.41 bits per heavy atom. The van der Waals surface area contributed by atoms with E-state index in [9.17, 15) is 4.79 Å². The van der Waals surface area contributed by atoms with Crippen LogP contribution in [-0.4, -0.2) is 14.4 Å². The Bertz CT molecular complexity index is 939. The molecular weight excluding hydrogens is 300 g/mol. The SMILES string of the molecule is Cc1c(-c2ccncc2)sc2nc(C(C)N=[N+]=[N-])cc(=O)n12. The second-order valence-electron chi connectivity index (χ2n) is 4.77. The molecule has 0 fully saturated rings. The van der Waals surface area contributed by atoms with E-state index in [1.165, 1.54) is 17.4 Å². The molecule has 0 saturated heterocycles. The van der Waals surface area contributed by atoms with Crippen LogP contribution in [0.2, 0.25) is 0 Å². The highest BCUT2D eigenvalue weighted by molar-refractivity contribution is 7.20. The van der Waals surface area contributed by atoms with Crippen LogP contribution in [0.5, 0.6) is 0 Å². The van der Waals surface area contributed by atoms with Gasteiger partial charge in [-0.25, -0.2) is 4.98 Å². The summed E-state index contributed by atoms with van der Waals surface area (Å²) in [7, 11) is 0. The highest BCUT2D eigenvalue weighted by Crippen LogP contribution is 2.31. The molecule has 0 N–H and O–H groups in total. The van der Waals surface area contributed by atoms with E-state index in [-0.39, 0.29) is 5.56 Å². The van der Waals surface area contributed by atoms with E-state index in [0.29, 0.717) is 10.7 Å². The zero-order chi connectivity index (χ0) is 15.7. The first-order valence-corrected chi connectivity index (χ1v) is 7.41. The maximum atomic E-state index is 12.4. The predicted molar refractivity (Wildman–Crippen MR) is 84.9 cm³/mol. The lowest BCUT2D eigenvalue weighted by atomic mass is 10.2. The molecule has 0 radical (unpaired) electrons. The minimum atomic E-state index is -0.477. The smallest absolute Gasteiger partial charge is 0.258 e. The van der Waals surface area contributed by atoms with Crippen LogP contribution in [-0.2, 0) is 0 Å². The number of aromatic nitrogens is 3. The summed E-state index contributed by atoms with van der Waals surface area (Å²) in [5, 5.41) is 3.60. The first-order chi connectivity index (χ1) is 10.6. The molecule has 0 bridgehead atoms. The molecule has 22 heavy (non-hydrogen) atoms. The summed E-state index contributed by atoms with van der Waals surface area (Å²) in [6.45, 7) is 3.60. The highest BCUT2D eigenvalue weighted by atomic mass is 32.1. The van der Waals surface area contributed by atoms with E-state index < -0.39 is 6.04 Å². The molecule has 3 heterocycles. The van der Waals surface area contributed by atoms with Gasteiger partial charge in [0.25, 0.3) is 5.56 Å². The number of rotatable bonds is 3. The van der Waals surface area contributed by atoms with Crippen molar-refractivity contribution < 1.29 is 0 Å². The molecule has 0 aliphatic rings. The molecule has 1 unspecified atom stereocenters. The van der Waals surface area contributed by atoms with Crippen molar-refractivity contribution in [3.8, 4) is 10.4 Å². The Kier molecular flexibility index (Phi) is 3.62. The third-order valence-electron chi connectivity index (χ3n) is 3.36. The molecule has 8 heteroatoms. The molecule has 3 rings (SSSR count). The van der Waals surface area contributed by atoms with Gasteiger partial charge in [0.15, 0.2) is 4.96 Å². The van der Waals surface area contributed by atoms with Gasteiger partial charge in [-0.3, -0.25) is 14.2 Å². The van der Waals surface area contributed by atoms with E-state index >= 15 is 0 Å². The summed E-state index contributed by atoms with van der Waals surface area (Å²) in [6, 6.07) is 4.73. The van der Waals surface area contributed by atoms with Crippen LogP contribution in [0.1, 0.15) is 24.4 Å². The average molecular weight is 312 g/mol. The lowest BCUT2D eigenvalue weighted by molar-refractivity contribution is 0.767. The minimum absolute atomic E-state index is 0.172. The molecule has 110 valence electrons. The van der Waals surface area contributed by atoms with Gasteiger partial charge in [0.05, 0.1) is 16.6 Å². The van der Waals surface area contributed by atoms with Gasteiger partial charge in [-0.1, -0.05) is 23.4 Å². The molecule has 0 spiro atoms. The average Bonchev–Trinajstić information content (AvgIpc) is 2.86. The van der Waals surface area contributed by atoms with Crippen molar-refractivity contribution in [3.63, 3.8) is 0 Å². The van der Waals surface area contributed by atoms with Crippen LogP contribution in [0.25, 0.3) is 25.8 Å². The van der Waals surface area contributed by atoms with Crippen molar-refractivity contribution in [2.75, 3.05) is 0 Å². The zero-order valence-electron chi connectivity index (χ0n) is 12.0. The Morgan fingerprint density at radius 3 is 2.82 bits per heavy atom.